The Balaban J connectivity index is 2.20. The molecular weight excluding hydrogens is 284 g/mol. The Kier molecular flexibility index (Phi) is 4.53. The molecule has 0 heterocycles. The molecule has 0 unspecified atom stereocenters. The molecule has 0 saturated carbocycles. The highest BCUT2D eigenvalue weighted by molar-refractivity contribution is 7.92. The van der Waals surface area contributed by atoms with Crippen molar-refractivity contribution in [1.29, 1.82) is 0 Å². The Morgan fingerprint density at radius 1 is 0.857 bits per heavy atom. The largest absolute Gasteiger partial charge is 0.388 e. The SMILES string of the molecule is CNc1ccc(NS(=O)(=O)c2ccc(C(C)C)cc2)cc1. The first kappa shape index (κ1) is 15.4. The predicted octanol–water partition coefficient (Wildman–Crippen LogP) is 3.65. The zero-order valence-corrected chi connectivity index (χ0v) is 13.2. The third kappa shape index (κ3) is 3.76. The fourth-order valence-electron chi connectivity index (χ4n) is 1.95. The standard InChI is InChI=1S/C16H20N2O2S/c1-12(2)13-4-10-16(11-5-13)21(19,20)18-15-8-6-14(17-3)7-9-15/h4-12,17-18H,1-3H3. The topological polar surface area (TPSA) is 58.2 Å². The molecule has 21 heavy (non-hydrogen) atoms. The summed E-state index contributed by atoms with van der Waals surface area (Å²) in [5.74, 6) is 0.379. The first-order chi connectivity index (χ1) is 9.92. The fraction of sp³-hybridized carbons (Fsp3) is 0.250. The third-order valence-electron chi connectivity index (χ3n) is 3.28. The molecule has 0 aliphatic rings. The van der Waals surface area contributed by atoms with Crippen molar-refractivity contribution in [3.05, 3.63) is 54.1 Å². The van der Waals surface area contributed by atoms with E-state index in [1.807, 2.05) is 31.3 Å². The molecule has 2 rings (SSSR count). The molecule has 0 fully saturated rings. The lowest BCUT2D eigenvalue weighted by atomic mass is 10.0. The summed E-state index contributed by atoms with van der Waals surface area (Å²) in [4.78, 5) is 0.268. The van der Waals surface area contributed by atoms with Crippen molar-refractivity contribution in [3.8, 4) is 0 Å². The average molecular weight is 304 g/mol. The molecule has 0 radical (unpaired) electrons. The molecule has 0 aromatic heterocycles. The molecule has 112 valence electrons. The van der Waals surface area contributed by atoms with Crippen LogP contribution in [0, 0.1) is 0 Å². The number of benzene rings is 2. The first-order valence-corrected chi connectivity index (χ1v) is 8.31. The van der Waals surface area contributed by atoms with Gasteiger partial charge in [-0.05, 0) is 47.9 Å². The second-order valence-corrected chi connectivity index (χ2v) is 6.84. The first-order valence-electron chi connectivity index (χ1n) is 6.83. The van der Waals surface area contributed by atoms with Crippen molar-refractivity contribution < 1.29 is 8.42 Å². The van der Waals surface area contributed by atoms with E-state index >= 15 is 0 Å². The quantitative estimate of drug-likeness (QED) is 0.886. The third-order valence-corrected chi connectivity index (χ3v) is 4.68. The van der Waals surface area contributed by atoms with Crippen molar-refractivity contribution in [1.82, 2.24) is 0 Å². The molecular formula is C16H20N2O2S. The van der Waals surface area contributed by atoms with Crippen molar-refractivity contribution in [2.45, 2.75) is 24.7 Å². The minimum atomic E-state index is -3.55. The van der Waals surface area contributed by atoms with Gasteiger partial charge in [-0.2, -0.15) is 0 Å². The summed E-state index contributed by atoms with van der Waals surface area (Å²) in [7, 11) is -1.73. The van der Waals surface area contributed by atoms with Crippen LogP contribution in [-0.2, 0) is 10.0 Å². The normalized spacial score (nSPS) is 11.4. The van der Waals surface area contributed by atoms with Gasteiger partial charge in [-0.25, -0.2) is 8.42 Å². The van der Waals surface area contributed by atoms with Crippen LogP contribution in [0.2, 0.25) is 0 Å². The molecule has 4 nitrogen and oxygen atoms in total. The second-order valence-electron chi connectivity index (χ2n) is 5.16. The lowest BCUT2D eigenvalue weighted by Gasteiger charge is -2.10. The van der Waals surface area contributed by atoms with Gasteiger partial charge in [0.2, 0.25) is 0 Å². The van der Waals surface area contributed by atoms with Gasteiger partial charge < -0.3 is 5.32 Å². The van der Waals surface area contributed by atoms with Crippen molar-refractivity contribution in [3.63, 3.8) is 0 Å². The van der Waals surface area contributed by atoms with E-state index in [-0.39, 0.29) is 4.90 Å². The maximum Gasteiger partial charge on any atom is 0.261 e. The Bertz CT molecular complexity index is 690. The highest BCUT2D eigenvalue weighted by atomic mass is 32.2. The monoisotopic (exact) mass is 304 g/mol. The number of nitrogens with one attached hydrogen (secondary N) is 2. The van der Waals surface area contributed by atoms with Gasteiger partial charge in [-0.3, -0.25) is 4.72 Å². The van der Waals surface area contributed by atoms with Crippen LogP contribution in [0.1, 0.15) is 25.3 Å². The number of rotatable bonds is 5. The molecule has 0 aliphatic carbocycles. The molecule has 0 spiro atoms. The van der Waals surface area contributed by atoms with Gasteiger partial charge in [0, 0.05) is 18.4 Å². The average Bonchev–Trinajstić information content (AvgIpc) is 2.48. The minimum absolute atomic E-state index is 0.268. The summed E-state index contributed by atoms with van der Waals surface area (Å²) in [6.07, 6.45) is 0. The second kappa shape index (κ2) is 6.18. The summed E-state index contributed by atoms with van der Waals surface area (Å²) >= 11 is 0. The van der Waals surface area contributed by atoms with Crippen LogP contribution in [0.3, 0.4) is 0 Å². The fourth-order valence-corrected chi connectivity index (χ4v) is 3.01. The molecule has 0 saturated heterocycles. The van der Waals surface area contributed by atoms with Gasteiger partial charge >= 0.3 is 0 Å². The summed E-state index contributed by atoms with van der Waals surface area (Å²) in [5.41, 5.74) is 2.59. The smallest absolute Gasteiger partial charge is 0.261 e. The molecule has 0 bridgehead atoms. The van der Waals surface area contributed by atoms with Crippen LogP contribution in [0.15, 0.2) is 53.4 Å². The van der Waals surface area contributed by atoms with Gasteiger partial charge in [0.15, 0.2) is 0 Å². The molecule has 5 heteroatoms. The van der Waals surface area contributed by atoms with Gasteiger partial charge in [0.1, 0.15) is 0 Å². The molecule has 2 N–H and O–H groups in total. The van der Waals surface area contributed by atoms with Crippen molar-refractivity contribution in [2.24, 2.45) is 0 Å². The molecule has 0 amide bonds. The van der Waals surface area contributed by atoms with E-state index in [2.05, 4.69) is 23.9 Å². The maximum absolute atomic E-state index is 12.3. The van der Waals surface area contributed by atoms with Gasteiger partial charge in [0.25, 0.3) is 10.0 Å². The van der Waals surface area contributed by atoms with Crippen molar-refractivity contribution >= 4 is 21.4 Å². The molecule has 2 aromatic carbocycles. The summed E-state index contributed by atoms with van der Waals surface area (Å²) in [6, 6.07) is 14.1. The molecule has 2 aromatic rings. The summed E-state index contributed by atoms with van der Waals surface area (Å²) < 4.78 is 27.2. The highest BCUT2D eigenvalue weighted by Gasteiger charge is 2.14. The van der Waals surface area contributed by atoms with Gasteiger partial charge in [-0.1, -0.05) is 26.0 Å². The Morgan fingerprint density at radius 2 is 1.38 bits per heavy atom. The zero-order valence-electron chi connectivity index (χ0n) is 12.4. The van der Waals surface area contributed by atoms with Crippen LogP contribution in [-0.4, -0.2) is 15.5 Å². The number of hydrogen-bond acceptors (Lipinski definition) is 3. The van der Waals surface area contributed by atoms with Crippen LogP contribution in [0.4, 0.5) is 11.4 Å². The molecule has 0 atom stereocenters. The molecule has 0 aliphatic heterocycles. The predicted molar refractivity (Wildman–Crippen MR) is 87.3 cm³/mol. The highest BCUT2D eigenvalue weighted by Crippen LogP contribution is 2.20. The van der Waals surface area contributed by atoms with Crippen LogP contribution < -0.4 is 10.0 Å². The van der Waals surface area contributed by atoms with E-state index in [1.165, 1.54) is 0 Å². The Hall–Kier alpha value is -2.01. The minimum Gasteiger partial charge on any atom is -0.388 e. The van der Waals surface area contributed by atoms with E-state index < -0.39 is 10.0 Å². The van der Waals surface area contributed by atoms with E-state index in [0.717, 1.165) is 11.3 Å². The van der Waals surface area contributed by atoms with E-state index in [4.69, 9.17) is 0 Å². The van der Waals surface area contributed by atoms with Crippen LogP contribution in [0.5, 0.6) is 0 Å². The van der Waals surface area contributed by atoms with E-state index in [0.29, 0.717) is 11.6 Å². The lowest BCUT2D eigenvalue weighted by molar-refractivity contribution is 0.601. The van der Waals surface area contributed by atoms with Crippen LogP contribution >= 0.6 is 0 Å². The summed E-state index contributed by atoms with van der Waals surface area (Å²) in [5, 5.41) is 2.99. The number of sulfonamides is 1. The Morgan fingerprint density at radius 3 is 1.86 bits per heavy atom. The van der Waals surface area contributed by atoms with Gasteiger partial charge in [0.05, 0.1) is 4.90 Å². The lowest BCUT2D eigenvalue weighted by Crippen LogP contribution is -2.13. The zero-order chi connectivity index (χ0) is 15.5. The maximum atomic E-state index is 12.3. The number of hydrogen-bond donors (Lipinski definition) is 2. The van der Waals surface area contributed by atoms with E-state index in [1.54, 1.807) is 24.3 Å². The number of anilines is 2. The van der Waals surface area contributed by atoms with E-state index in [9.17, 15) is 8.42 Å². The Labute approximate surface area is 126 Å². The van der Waals surface area contributed by atoms with Crippen molar-refractivity contribution in [2.75, 3.05) is 17.1 Å². The van der Waals surface area contributed by atoms with Gasteiger partial charge in [-0.15, -0.1) is 0 Å². The summed E-state index contributed by atoms with van der Waals surface area (Å²) in [6.45, 7) is 4.15. The van der Waals surface area contributed by atoms with Crippen LogP contribution in [0.25, 0.3) is 0 Å².